The van der Waals surface area contributed by atoms with Gasteiger partial charge in [0.15, 0.2) is 0 Å². The van der Waals surface area contributed by atoms with Gasteiger partial charge in [-0.1, -0.05) is 19.9 Å². The molecule has 1 aromatic carbocycles. The minimum atomic E-state index is 0.393. The fourth-order valence-corrected chi connectivity index (χ4v) is 1.91. The molecule has 0 fully saturated rings. The minimum Gasteiger partial charge on any atom is -0.497 e. The Morgan fingerprint density at radius 2 is 2.11 bits per heavy atom. The molecule has 0 radical (unpaired) electrons. The molecule has 0 spiro atoms. The van der Waals surface area contributed by atoms with Gasteiger partial charge in [-0.3, -0.25) is 0 Å². The fourth-order valence-electron chi connectivity index (χ4n) is 1.91. The van der Waals surface area contributed by atoms with Crippen LogP contribution in [0.2, 0.25) is 0 Å². The molecule has 0 aliphatic carbocycles. The van der Waals surface area contributed by atoms with E-state index >= 15 is 0 Å². The smallest absolute Gasteiger partial charge is 0.121 e. The summed E-state index contributed by atoms with van der Waals surface area (Å²) < 4.78 is 7.18. The van der Waals surface area contributed by atoms with Crippen LogP contribution in [0.15, 0.2) is 30.3 Å². The van der Waals surface area contributed by atoms with E-state index < -0.39 is 0 Å². The molecule has 0 bridgehead atoms. The largest absolute Gasteiger partial charge is 0.497 e. The molecule has 4 heteroatoms. The lowest BCUT2D eigenvalue weighted by Crippen LogP contribution is -2.04. The first-order valence-electron chi connectivity index (χ1n) is 6.09. The molecule has 0 unspecified atom stereocenters. The highest BCUT2D eigenvalue weighted by Crippen LogP contribution is 2.22. The highest BCUT2D eigenvalue weighted by atomic mass is 16.5. The Hall–Kier alpha value is -1.81. The number of hydrogen-bond acceptors (Lipinski definition) is 3. The SMILES string of the molecule is COc1cccc(-n2nc(CN)cc2C(C)C)c1. The van der Waals surface area contributed by atoms with Crippen molar-refractivity contribution in [2.45, 2.75) is 26.3 Å². The van der Waals surface area contributed by atoms with Crippen LogP contribution in [0.4, 0.5) is 0 Å². The van der Waals surface area contributed by atoms with Crippen molar-refractivity contribution < 1.29 is 4.74 Å². The Morgan fingerprint density at radius 3 is 2.72 bits per heavy atom. The minimum absolute atomic E-state index is 0.393. The van der Waals surface area contributed by atoms with Gasteiger partial charge < -0.3 is 10.5 Å². The zero-order valence-corrected chi connectivity index (χ0v) is 11.1. The van der Waals surface area contributed by atoms with Gasteiger partial charge in [0.25, 0.3) is 0 Å². The monoisotopic (exact) mass is 245 g/mol. The first-order chi connectivity index (χ1) is 8.65. The molecule has 0 aliphatic rings. The third-order valence-electron chi connectivity index (χ3n) is 2.89. The Labute approximate surface area is 107 Å². The number of nitrogens with zero attached hydrogens (tertiary/aromatic N) is 2. The zero-order valence-electron chi connectivity index (χ0n) is 11.1. The van der Waals surface area contributed by atoms with Crippen LogP contribution >= 0.6 is 0 Å². The van der Waals surface area contributed by atoms with Crippen molar-refractivity contribution in [3.8, 4) is 11.4 Å². The maximum Gasteiger partial charge on any atom is 0.121 e. The molecule has 2 N–H and O–H groups in total. The van der Waals surface area contributed by atoms with Gasteiger partial charge in [0, 0.05) is 18.3 Å². The van der Waals surface area contributed by atoms with E-state index in [1.165, 1.54) is 0 Å². The molecule has 0 saturated carbocycles. The van der Waals surface area contributed by atoms with Crippen LogP contribution in [0.3, 0.4) is 0 Å². The van der Waals surface area contributed by atoms with Crippen molar-refractivity contribution >= 4 is 0 Å². The van der Waals surface area contributed by atoms with Gasteiger partial charge in [0.1, 0.15) is 5.75 Å². The molecule has 2 aromatic rings. The van der Waals surface area contributed by atoms with Gasteiger partial charge >= 0.3 is 0 Å². The third-order valence-corrected chi connectivity index (χ3v) is 2.89. The highest BCUT2D eigenvalue weighted by Gasteiger charge is 2.12. The van der Waals surface area contributed by atoms with Crippen molar-refractivity contribution in [3.63, 3.8) is 0 Å². The zero-order chi connectivity index (χ0) is 13.1. The van der Waals surface area contributed by atoms with E-state index in [4.69, 9.17) is 10.5 Å². The summed E-state index contributed by atoms with van der Waals surface area (Å²) in [5.41, 5.74) is 8.72. The van der Waals surface area contributed by atoms with E-state index in [1.54, 1.807) is 7.11 Å². The Balaban J connectivity index is 2.51. The van der Waals surface area contributed by atoms with Gasteiger partial charge in [-0.05, 0) is 24.1 Å². The fraction of sp³-hybridized carbons (Fsp3) is 0.357. The summed E-state index contributed by atoms with van der Waals surface area (Å²) in [5.74, 6) is 1.22. The second-order valence-corrected chi connectivity index (χ2v) is 4.53. The van der Waals surface area contributed by atoms with Gasteiger partial charge in [0.2, 0.25) is 0 Å². The molecule has 2 rings (SSSR count). The van der Waals surface area contributed by atoms with Crippen molar-refractivity contribution in [1.82, 2.24) is 9.78 Å². The third kappa shape index (κ3) is 2.38. The van der Waals surface area contributed by atoms with Crippen LogP contribution in [0.25, 0.3) is 5.69 Å². The van der Waals surface area contributed by atoms with Crippen molar-refractivity contribution in [1.29, 1.82) is 0 Å². The summed E-state index contributed by atoms with van der Waals surface area (Å²) in [6, 6.07) is 9.93. The number of hydrogen-bond donors (Lipinski definition) is 1. The normalized spacial score (nSPS) is 10.9. The summed E-state index contributed by atoms with van der Waals surface area (Å²) >= 11 is 0. The lowest BCUT2D eigenvalue weighted by Gasteiger charge is -2.10. The molecule has 4 nitrogen and oxygen atoms in total. The summed E-state index contributed by atoms with van der Waals surface area (Å²) in [7, 11) is 1.66. The number of methoxy groups -OCH3 is 1. The summed E-state index contributed by atoms with van der Waals surface area (Å²) in [6.07, 6.45) is 0. The van der Waals surface area contributed by atoms with Crippen LogP contribution in [0.5, 0.6) is 5.75 Å². The Morgan fingerprint density at radius 1 is 1.33 bits per heavy atom. The van der Waals surface area contributed by atoms with Gasteiger partial charge in [0.05, 0.1) is 18.5 Å². The maximum atomic E-state index is 5.67. The van der Waals surface area contributed by atoms with Crippen LogP contribution in [-0.2, 0) is 6.54 Å². The highest BCUT2D eigenvalue weighted by molar-refractivity contribution is 5.40. The second-order valence-electron chi connectivity index (χ2n) is 4.53. The van der Waals surface area contributed by atoms with Gasteiger partial charge in [-0.2, -0.15) is 5.10 Å². The summed E-state index contributed by atoms with van der Waals surface area (Å²) in [4.78, 5) is 0. The number of benzene rings is 1. The molecule has 0 saturated heterocycles. The number of aromatic nitrogens is 2. The van der Waals surface area contributed by atoms with E-state index in [-0.39, 0.29) is 0 Å². The number of nitrogens with two attached hydrogens (primary N) is 1. The average Bonchev–Trinajstić information content (AvgIpc) is 2.83. The van der Waals surface area contributed by atoms with E-state index in [0.717, 1.165) is 22.8 Å². The Kier molecular flexibility index (Phi) is 3.67. The molecule has 0 aliphatic heterocycles. The van der Waals surface area contributed by atoms with Crippen LogP contribution in [0.1, 0.15) is 31.2 Å². The van der Waals surface area contributed by atoms with E-state index in [1.807, 2.05) is 28.9 Å². The average molecular weight is 245 g/mol. The number of ether oxygens (including phenoxy) is 1. The summed E-state index contributed by atoms with van der Waals surface area (Å²) in [5, 5.41) is 4.53. The molecule has 18 heavy (non-hydrogen) atoms. The van der Waals surface area contributed by atoms with Crippen LogP contribution in [-0.4, -0.2) is 16.9 Å². The molecular formula is C14H19N3O. The van der Waals surface area contributed by atoms with E-state index in [9.17, 15) is 0 Å². The first-order valence-corrected chi connectivity index (χ1v) is 6.09. The molecule has 96 valence electrons. The predicted molar refractivity (Wildman–Crippen MR) is 72.1 cm³/mol. The summed E-state index contributed by atoms with van der Waals surface area (Å²) in [6.45, 7) is 4.75. The van der Waals surface area contributed by atoms with Crippen molar-refractivity contribution in [2.24, 2.45) is 5.73 Å². The van der Waals surface area contributed by atoms with E-state index in [0.29, 0.717) is 12.5 Å². The van der Waals surface area contributed by atoms with Gasteiger partial charge in [-0.25, -0.2) is 4.68 Å². The second kappa shape index (κ2) is 5.23. The molecule has 1 aromatic heterocycles. The lowest BCUT2D eigenvalue weighted by molar-refractivity contribution is 0.414. The molecule has 0 amide bonds. The molecule has 0 atom stereocenters. The standard InChI is InChI=1S/C14H19N3O/c1-10(2)14-7-11(9-15)16-17(14)12-5-4-6-13(8-12)18-3/h4-8,10H,9,15H2,1-3H3. The van der Waals surface area contributed by atoms with Crippen LogP contribution < -0.4 is 10.5 Å². The number of rotatable bonds is 4. The van der Waals surface area contributed by atoms with E-state index in [2.05, 4.69) is 25.0 Å². The van der Waals surface area contributed by atoms with Crippen LogP contribution in [0, 0.1) is 0 Å². The van der Waals surface area contributed by atoms with Crippen molar-refractivity contribution in [2.75, 3.05) is 7.11 Å². The first kappa shape index (κ1) is 12.6. The molecular weight excluding hydrogens is 226 g/mol. The Bertz CT molecular complexity index is 532. The quantitative estimate of drug-likeness (QED) is 0.900. The van der Waals surface area contributed by atoms with Gasteiger partial charge in [-0.15, -0.1) is 0 Å². The van der Waals surface area contributed by atoms with Crippen molar-refractivity contribution in [3.05, 3.63) is 41.7 Å². The molecule has 1 heterocycles. The predicted octanol–water partition coefficient (Wildman–Crippen LogP) is 2.46. The maximum absolute atomic E-state index is 5.67. The topological polar surface area (TPSA) is 53.1 Å². The lowest BCUT2D eigenvalue weighted by atomic mass is 10.1.